The Hall–Kier alpha value is -3.80. The molecule has 0 atom stereocenters. The molecule has 2 heterocycles. The van der Waals surface area contributed by atoms with Gasteiger partial charge >= 0.3 is 0 Å². The van der Waals surface area contributed by atoms with Gasteiger partial charge in [0.15, 0.2) is 5.65 Å². The van der Waals surface area contributed by atoms with E-state index in [4.69, 9.17) is 0 Å². The number of ketones is 1. The van der Waals surface area contributed by atoms with E-state index in [0.717, 1.165) is 44.7 Å². The molecular formula is C24H22N4O2. The number of benzene rings is 2. The Morgan fingerprint density at radius 1 is 0.967 bits per heavy atom. The highest BCUT2D eigenvalue weighted by Crippen LogP contribution is 2.31. The standard InChI is InChI=1S/C24H22N4O2/c1-15(29)10-17-11-22-23(27-28(3)24(22)25-14-17)20-8-4-6-18(12-20)19-7-5-9-21(13-19)26-16(2)30/h4-9,11-14H,10H2,1-3H3,(H,26,30). The van der Waals surface area contributed by atoms with E-state index in [1.165, 1.54) is 6.92 Å². The third kappa shape index (κ3) is 3.98. The van der Waals surface area contributed by atoms with E-state index < -0.39 is 0 Å². The normalized spacial score (nSPS) is 10.9. The number of carbonyl (C=O) groups is 2. The van der Waals surface area contributed by atoms with Crippen LogP contribution in [0.25, 0.3) is 33.4 Å². The molecule has 1 amide bonds. The minimum absolute atomic E-state index is 0.0997. The number of aryl methyl sites for hydroxylation is 1. The number of aromatic nitrogens is 3. The van der Waals surface area contributed by atoms with Crippen molar-refractivity contribution in [2.45, 2.75) is 20.3 Å². The van der Waals surface area contributed by atoms with Gasteiger partial charge in [-0.05, 0) is 47.9 Å². The topological polar surface area (TPSA) is 76.9 Å². The van der Waals surface area contributed by atoms with Gasteiger partial charge in [0, 0.05) is 43.2 Å². The second-order valence-corrected chi connectivity index (χ2v) is 7.41. The van der Waals surface area contributed by atoms with Crippen molar-refractivity contribution in [3.05, 3.63) is 66.4 Å². The molecule has 6 heteroatoms. The molecule has 0 aliphatic rings. The maximum Gasteiger partial charge on any atom is 0.221 e. The van der Waals surface area contributed by atoms with Crippen molar-refractivity contribution in [2.24, 2.45) is 7.05 Å². The van der Waals surface area contributed by atoms with Crippen molar-refractivity contribution in [3.63, 3.8) is 0 Å². The maximum atomic E-state index is 11.5. The van der Waals surface area contributed by atoms with Crippen LogP contribution >= 0.6 is 0 Å². The largest absolute Gasteiger partial charge is 0.326 e. The molecule has 2 aromatic heterocycles. The van der Waals surface area contributed by atoms with E-state index in [9.17, 15) is 9.59 Å². The van der Waals surface area contributed by atoms with Gasteiger partial charge in [-0.2, -0.15) is 5.10 Å². The Kier molecular flexibility index (Phi) is 5.14. The van der Waals surface area contributed by atoms with Gasteiger partial charge in [-0.3, -0.25) is 9.59 Å². The zero-order valence-corrected chi connectivity index (χ0v) is 17.1. The number of hydrogen-bond donors (Lipinski definition) is 1. The van der Waals surface area contributed by atoms with Crippen LogP contribution in [0, 0.1) is 0 Å². The first kappa shape index (κ1) is 19.5. The average molecular weight is 398 g/mol. The molecule has 2 aromatic carbocycles. The summed E-state index contributed by atoms with van der Waals surface area (Å²) in [7, 11) is 1.87. The van der Waals surface area contributed by atoms with Crippen molar-refractivity contribution < 1.29 is 9.59 Å². The number of amides is 1. The van der Waals surface area contributed by atoms with Crippen LogP contribution in [0.1, 0.15) is 19.4 Å². The number of carbonyl (C=O) groups excluding carboxylic acids is 2. The van der Waals surface area contributed by atoms with Gasteiger partial charge in [0.25, 0.3) is 0 Å². The van der Waals surface area contributed by atoms with Crippen LogP contribution in [0.4, 0.5) is 5.69 Å². The molecule has 150 valence electrons. The van der Waals surface area contributed by atoms with Gasteiger partial charge in [-0.1, -0.05) is 30.3 Å². The zero-order chi connectivity index (χ0) is 21.3. The highest BCUT2D eigenvalue weighted by atomic mass is 16.1. The summed E-state index contributed by atoms with van der Waals surface area (Å²) in [5.74, 6) is -0.00244. The summed E-state index contributed by atoms with van der Waals surface area (Å²) in [4.78, 5) is 27.4. The molecule has 6 nitrogen and oxygen atoms in total. The number of pyridine rings is 1. The van der Waals surface area contributed by atoms with Crippen molar-refractivity contribution in [1.82, 2.24) is 14.8 Å². The SMILES string of the molecule is CC(=O)Cc1cnc2c(c1)c(-c1cccc(-c3cccc(NC(C)=O)c3)c1)nn2C. The van der Waals surface area contributed by atoms with Crippen LogP contribution < -0.4 is 5.32 Å². The van der Waals surface area contributed by atoms with Gasteiger partial charge in [0.2, 0.25) is 5.91 Å². The predicted molar refractivity (Wildman–Crippen MR) is 118 cm³/mol. The molecule has 0 aliphatic heterocycles. The first-order chi connectivity index (χ1) is 14.4. The summed E-state index contributed by atoms with van der Waals surface area (Å²) < 4.78 is 1.76. The molecule has 0 unspecified atom stereocenters. The van der Waals surface area contributed by atoms with Gasteiger partial charge in [0.1, 0.15) is 11.5 Å². The maximum absolute atomic E-state index is 11.5. The summed E-state index contributed by atoms with van der Waals surface area (Å²) in [6.45, 7) is 3.07. The van der Waals surface area contributed by atoms with E-state index in [1.54, 1.807) is 17.8 Å². The van der Waals surface area contributed by atoms with E-state index >= 15 is 0 Å². The fourth-order valence-corrected chi connectivity index (χ4v) is 3.61. The molecule has 4 rings (SSSR count). The minimum atomic E-state index is -0.102. The third-order valence-corrected chi connectivity index (χ3v) is 4.84. The second kappa shape index (κ2) is 7.91. The van der Waals surface area contributed by atoms with E-state index in [0.29, 0.717) is 6.42 Å². The van der Waals surface area contributed by atoms with Gasteiger partial charge in [-0.25, -0.2) is 9.67 Å². The fraction of sp³-hybridized carbons (Fsp3) is 0.167. The van der Waals surface area contributed by atoms with Crippen molar-refractivity contribution in [1.29, 1.82) is 0 Å². The van der Waals surface area contributed by atoms with Crippen LogP contribution in [-0.4, -0.2) is 26.5 Å². The molecule has 0 spiro atoms. The molecule has 1 N–H and O–H groups in total. The van der Waals surface area contributed by atoms with E-state index in [2.05, 4.69) is 21.5 Å². The Bertz CT molecular complexity index is 1270. The monoisotopic (exact) mass is 398 g/mol. The zero-order valence-electron chi connectivity index (χ0n) is 17.1. The summed E-state index contributed by atoms with van der Waals surface area (Å²) in [6, 6.07) is 17.8. The molecule has 30 heavy (non-hydrogen) atoms. The van der Waals surface area contributed by atoms with Gasteiger partial charge in [0.05, 0.1) is 0 Å². The number of Topliss-reactive ketones (excluding diaryl/α,β-unsaturated/α-hetero) is 1. The molecule has 0 fully saturated rings. The van der Waals surface area contributed by atoms with Crippen LogP contribution in [0.15, 0.2) is 60.8 Å². The molecule has 0 saturated carbocycles. The molecule has 0 bridgehead atoms. The molecular weight excluding hydrogens is 376 g/mol. The van der Waals surface area contributed by atoms with Crippen LogP contribution in [0.2, 0.25) is 0 Å². The predicted octanol–water partition coefficient (Wildman–Crippen LogP) is 4.39. The summed E-state index contributed by atoms with van der Waals surface area (Å²) >= 11 is 0. The lowest BCUT2D eigenvalue weighted by molar-refractivity contribution is -0.116. The Labute approximate surface area is 174 Å². The molecule has 0 aliphatic carbocycles. The van der Waals surface area contributed by atoms with E-state index in [1.807, 2.05) is 55.6 Å². The Morgan fingerprint density at radius 2 is 1.67 bits per heavy atom. The highest BCUT2D eigenvalue weighted by molar-refractivity contribution is 5.93. The number of hydrogen-bond acceptors (Lipinski definition) is 4. The molecule has 0 saturated heterocycles. The average Bonchev–Trinajstić information content (AvgIpc) is 3.03. The lowest BCUT2D eigenvalue weighted by atomic mass is 10.00. The number of rotatable bonds is 5. The van der Waals surface area contributed by atoms with Crippen LogP contribution in [0.3, 0.4) is 0 Å². The van der Waals surface area contributed by atoms with Crippen LogP contribution in [-0.2, 0) is 23.1 Å². The summed E-state index contributed by atoms with van der Waals surface area (Å²) in [6.07, 6.45) is 2.09. The summed E-state index contributed by atoms with van der Waals surface area (Å²) in [5, 5.41) is 8.42. The van der Waals surface area contributed by atoms with E-state index in [-0.39, 0.29) is 11.7 Å². The van der Waals surface area contributed by atoms with Crippen molar-refractivity contribution >= 4 is 28.4 Å². The quantitative estimate of drug-likeness (QED) is 0.541. The van der Waals surface area contributed by atoms with Gasteiger partial charge in [-0.15, -0.1) is 0 Å². The summed E-state index contributed by atoms with van der Waals surface area (Å²) in [5.41, 5.74) is 6.21. The molecule has 4 aromatic rings. The first-order valence-electron chi connectivity index (χ1n) is 9.70. The van der Waals surface area contributed by atoms with Crippen molar-refractivity contribution in [3.8, 4) is 22.4 Å². The number of nitrogens with one attached hydrogen (secondary N) is 1. The Morgan fingerprint density at radius 3 is 2.40 bits per heavy atom. The lowest BCUT2D eigenvalue weighted by Gasteiger charge is -2.08. The van der Waals surface area contributed by atoms with Gasteiger partial charge < -0.3 is 5.32 Å². The third-order valence-electron chi connectivity index (χ3n) is 4.84. The fourth-order valence-electron chi connectivity index (χ4n) is 3.61. The first-order valence-corrected chi connectivity index (χ1v) is 9.70. The second-order valence-electron chi connectivity index (χ2n) is 7.41. The number of fused-ring (bicyclic) bond motifs is 1. The number of nitrogens with zero attached hydrogens (tertiary/aromatic N) is 3. The lowest BCUT2D eigenvalue weighted by Crippen LogP contribution is -2.05. The van der Waals surface area contributed by atoms with Crippen molar-refractivity contribution in [2.75, 3.05) is 5.32 Å². The highest BCUT2D eigenvalue weighted by Gasteiger charge is 2.14. The Balaban J connectivity index is 1.78. The van der Waals surface area contributed by atoms with Crippen LogP contribution in [0.5, 0.6) is 0 Å². The smallest absolute Gasteiger partial charge is 0.221 e. The minimum Gasteiger partial charge on any atom is -0.326 e. The number of anilines is 1. The molecule has 0 radical (unpaired) electrons.